The molecule has 1 saturated carbocycles. The molecule has 0 radical (unpaired) electrons. The Balaban J connectivity index is 1.30. The summed E-state index contributed by atoms with van der Waals surface area (Å²) in [6, 6.07) is 19.7. The number of ketones is 1. The molecule has 0 aliphatic heterocycles. The molecule has 3 aromatic carbocycles. The lowest BCUT2D eigenvalue weighted by molar-refractivity contribution is 0.0968. The molecule has 0 spiro atoms. The van der Waals surface area contributed by atoms with E-state index in [0.717, 1.165) is 25.7 Å². The van der Waals surface area contributed by atoms with Crippen LogP contribution < -0.4 is 15.1 Å². The predicted molar refractivity (Wildman–Crippen MR) is 169 cm³/mol. The molecule has 1 heterocycles. The van der Waals surface area contributed by atoms with Crippen LogP contribution in [-0.2, 0) is 26.5 Å². The van der Waals surface area contributed by atoms with Gasteiger partial charge in [-0.05, 0) is 79.6 Å². The van der Waals surface area contributed by atoms with Gasteiger partial charge in [0.05, 0.1) is 26.6 Å². The van der Waals surface area contributed by atoms with Crippen LogP contribution >= 0.6 is 0 Å². The summed E-state index contributed by atoms with van der Waals surface area (Å²) in [6.45, 7) is 0. The van der Waals surface area contributed by atoms with Gasteiger partial charge in [0.2, 0.25) is 0 Å². The van der Waals surface area contributed by atoms with Crippen molar-refractivity contribution in [1.82, 2.24) is 0 Å². The van der Waals surface area contributed by atoms with E-state index >= 15 is 0 Å². The van der Waals surface area contributed by atoms with E-state index in [9.17, 15) is 31.5 Å². The van der Waals surface area contributed by atoms with Crippen LogP contribution in [0.4, 0.5) is 11.4 Å². The number of Topliss-reactive ketones (excluding diaryl/α,β-unsaturated/α-hetero) is 1. The fourth-order valence-corrected chi connectivity index (χ4v) is 8.01. The van der Waals surface area contributed by atoms with Crippen molar-refractivity contribution in [3.8, 4) is 5.75 Å². The van der Waals surface area contributed by atoms with E-state index in [0.29, 0.717) is 18.4 Å². The van der Waals surface area contributed by atoms with Crippen molar-refractivity contribution in [2.45, 2.75) is 60.7 Å². The van der Waals surface area contributed by atoms with Gasteiger partial charge in [0.15, 0.2) is 5.78 Å². The van der Waals surface area contributed by atoms with Gasteiger partial charge in [0.1, 0.15) is 11.5 Å². The van der Waals surface area contributed by atoms with Gasteiger partial charge in [0, 0.05) is 24.4 Å². The highest BCUT2D eigenvalue weighted by molar-refractivity contribution is 7.93. The zero-order chi connectivity index (χ0) is 31.8. The first kappa shape index (κ1) is 30.6. The molecule has 0 bridgehead atoms. The summed E-state index contributed by atoms with van der Waals surface area (Å²) in [5.41, 5.74) is 0.262. The van der Waals surface area contributed by atoms with Gasteiger partial charge in [-0.25, -0.2) is 21.6 Å². The fourth-order valence-electron chi connectivity index (χ4n) is 5.85. The van der Waals surface area contributed by atoms with E-state index in [1.54, 1.807) is 42.5 Å². The molecule has 3 N–H and O–H groups in total. The average molecular weight is 649 g/mol. The first-order valence-corrected chi connectivity index (χ1v) is 17.7. The Bertz CT molecular complexity index is 2040. The lowest BCUT2D eigenvalue weighted by Crippen LogP contribution is -2.21. The standard InChI is InChI=1S/C33H32N2O8S2/c36-27-15-5-2-6-16-28-30(27)32(37)31(33(38)43-28)29(21-17-18-21)22-9-7-10-23(19-22)34-45(41,42)26-14-8-11-24(20-26)35-44(39,40)25-12-3-1-4-13-25/h1,3-4,7-14,19-21,29,34-35,37H,2,5-6,15-18H2. The second-order valence-corrected chi connectivity index (χ2v) is 14.8. The minimum absolute atomic E-state index is 0.00156. The summed E-state index contributed by atoms with van der Waals surface area (Å²) < 4.78 is 63.0. The Hall–Kier alpha value is -4.42. The molecular weight excluding hydrogens is 617 g/mol. The smallest absolute Gasteiger partial charge is 0.343 e. The van der Waals surface area contributed by atoms with Crippen molar-refractivity contribution in [3.63, 3.8) is 0 Å². The largest absolute Gasteiger partial charge is 0.506 e. The van der Waals surface area contributed by atoms with E-state index in [-0.39, 0.29) is 61.9 Å². The van der Waals surface area contributed by atoms with Gasteiger partial charge in [-0.15, -0.1) is 0 Å². The molecular formula is C33H32N2O8S2. The second kappa shape index (κ2) is 12.2. The molecule has 2 aliphatic carbocycles. The zero-order valence-corrected chi connectivity index (χ0v) is 25.9. The molecule has 0 saturated heterocycles. The highest BCUT2D eigenvalue weighted by atomic mass is 32.2. The third-order valence-electron chi connectivity index (χ3n) is 8.15. The van der Waals surface area contributed by atoms with Gasteiger partial charge >= 0.3 is 5.63 Å². The molecule has 12 heteroatoms. The number of nitrogens with one attached hydrogen (secondary N) is 2. The molecule has 1 aromatic heterocycles. The zero-order valence-electron chi connectivity index (χ0n) is 24.2. The van der Waals surface area contributed by atoms with Crippen LogP contribution in [-0.4, -0.2) is 27.7 Å². The highest BCUT2D eigenvalue weighted by Gasteiger charge is 2.39. The normalized spacial score (nSPS) is 16.2. The number of sulfonamides is 2. The predicted octanol–water partition coefficient (Wildman–Crippen LogP) is 5.79. The number of carbonyl (C=O) groups is 1. The van der Waals surface area contributed by atoms with Gasteiger partial charge in [-0.1, -0.05) is 42.8 Å². The number of aromatic hydroxyl groups is 1. The lowest BCUT2D eigenvalue weighted by Gasteiger charge is -2.21. The summed E-state index contributed by atoms with van der Waals surface area (Å²) in [4.78, 5) is 26.1. The molecule has 0 amide bonds. The molecule has 6 rings (SSSR count). The number of anilines is 2. The summed E-state index contributed by atoms with van der Waals surface area (Å²) in [6.07, 6.45) is 4.50. The van der Waals surface area contributed by atoms with Crippen molar-refractivity contribution in [3.05, 3.63) is 112 Å². The molecule has 2 aliphatic rings. The molecule has 1 atom stereocenters. The minimum atomic E-state index is -4.17. The van der Waals surface area contributed by atoms with Crippen LogP contribution in [0.3, 0.4) is 0 Å². The summed E-state index contributed by atoms with van der Waals surface area (Å²) in [7, 11) is -8.11. The van der Waals surface area contributed by atoms with Crippen molar-refractivity contribution in [1.29, 1.82) is 0 Å². The first-order chi connectivity index (χ1) is 21.5. The number of hydrogen-bond acceptors (Lipinski definition) is 8. The number of hydrogen-bond donors (Lipinski definition) is 3. The third kappa shape index (κ3) is 6.52. The number of aryl methyl sites for hydroxylation is 1. The van der Waals surface area contributed by atoms with E-state index in [2.05, 4.69) is 9.44 Å². The van der Waals surface area contributed by atoms with Crippen molar-refractivity contribution < 1.29 is 31.2 Å². The number of benzene rings is 3. The van der Waals surface area contributed by atoms with Gasteiger partial charge in [-0.3, -0.25) is 14.2 Å². The topological polar surface area (TPSA) is 160 Å². The highest BCUT2D eigenvalue weighted by Crippen LogP contribution is 2.49. The van der Waals surface area contributed by atoms with E-state index < -0.39 is 31.6 Å². The maximum Gasteiger partial charge on any atom is 0.343 e. The van der Waals surface area contributed by atoms with E-state index in [1.807, 2.05) is 0 Å². The van der Waals surface area contributed by atoms with Crippen LogP contribution in [0.1, 0.15) is 71.7 Å². The molecule has 45 heavy (non-hydrogen) atoms. The van der Waals surface area contributed by atoms with E-state index in [4.69, 9.17) is 4.42 Å². The first-order valence-electron chi connectivity index (χ1n) is 14.8. The Morgan fingerprint density at radius 2 is 1.36 bits per heavy atom. The van der Waals surface area contributed by atoms with Crippen molar-refractivity contribution in [2.24, 2.45) is 5.92 Å². The third-order valence-corrected chi connectivity index (χ3v) is 10.9. The second-order valence-electron chi connectivity index (χ2n) is 11.4. The number of rotatable bonds is 9. The molecule has 234 valence electrons. The number of carbonyl (C=O) groups excluding carboxylic acids is 1. The maximum atomic E-state index is 13.4. The maximum absolute atomic E-state index is 13.4. The molecule has 1 unspecified atom stereocenters. The van der Waals surface area contributed by atoms with Crippen LogP contribution in [0, 0.1) is 5.92 Å². The SMILES string of the molecule is O=C1CCCCCc2oc(=O)c(C(c3cccc(NS(=O)(=O)c4cccc(NS(=O)(=O)c5ccccc5)c4)c3)C3CC3)c(O)c21. The minimum Gasteiger partial charge on any atom is -0.506 e. The fraction of sp³-hybridized carbons (Fsp3) is 0.273. The van der Waals surface area contributed by atoms with Crippen LogP contribution in [0.15, 0.2) is 97.9 Å². The van der Waals surface area contributed by atoms with Crippen molar-refractivity contribution in [2.75, 3.05) is 9.44 Å². The van der Waals surface area contributed by atoms with Crippen LogP contribution in [0.5, 0.6) is 5.75 Å². The lowest BCUT2D eigenvalue weighted by atomic mass is 9.85. The van der Waals surface area contributed by atoms with Crippen LogP contribution in [0.25, 0.3) is 0 Å². The molecule has 4 aromatic rings. The van der Waals surface area contributed by atoms with Gasteiger partial charge in [-0.2, -0.15) is 0 Å². The number of fused-ring (bicyclic) bond motifs is 1. The average Bonchev–Trinajstić information content (AvgIpc) is 3.83. The molecule has 10 nitrogen and oxygen atoms in total. The summed E-state index contributed by atoms with van der Waals surface area (Å²) >= 11 is 0. The Morgan fingerprint density at radius 1 is 0.733 bits per heavy atom. The Morgan fingerprint density at radius 3 is 2.07 bits per heavy atom. The summed E-state index contributed by atoms with van der Waals surface area (Å²) in [5, 5.41) is 11.4. The Kier molecular flexibility index (Phi) is 8.27. The van der Waals surface area contributed by atoms with Gasteiger partial charge in [0.25, 0.3) is 20.0 Å². The Labute approximate surface area is 261 Å². The van der Waals surface area contributed by atoms with Crippen molar-refractivity contribution >= 4 is 37.2 Å². The van der Waals surface area contributed by atoms with Crippen LogP contribution in [0.2, 0.25) is 0 Å². The molecule has 1 fully saturated rings. The monoisotopic (exact) mass is 648 g/mol. The summed E-state index contributed by atoms with van der Waals surface area (Å²) in [5.74, 6) is -0.982. The van der Waals surface area contributed by atoms with Gasteiger partial charge < -0.3 is 9.52 Å². The quantitative estimate of drug-likeness (QED) is 0.206. The van der Waals surface area contributed by atoms with E-state index in [1.165, 1.54) is 36.4 Å².